The monoisotopic (exact) mass is 424 g/mol. The fourth-order valence-corrected chi connectivity index (χ4v) is 2.51. The van der Waals surface area contributed by atoms with Crippen molar-refractivity contribution in [1.82, 2.24) is 10.2 Å². The van der Waals surface area contributed by atoms with E-state index in [1.807, 2.05) is 42.5 Å². The molecule has 0 saturated carbocycles. The van der Waals surface area contributed by atoms with Gasteiger partial charge in [-0.15, -0.1) is 24.8 Å². The number of hydrogen-bond donors (Lipinski definition) is 1. The number of benzene rings is 2. The van der Waals surface area contributed by atoms with Gasteiger partial charge in [0, 0.05) is 40.8 Å². The number of nitrogens with one attached hydrogen (secondary N) is 1. The van der Waals surface area contributed by atoms with Crippen LogP contribution in [0.5, 0.6) is 5.75 Å². The van der Waals surface area contributed by atoms with E-state index < -0.39 is 0 Å². The topological polar surface area (TPSA) is 24.5 Å². The molecule has 0 aliphatic heterocycles. The fraction of sp³-hybridized carbons (Fsp3) is 0.333. The zero-order chi connectivity index (χ0) is 16.7. The molecule has 2 aromatic rings. The van der Waals surface area contributed by atoms with Crippen molar-refractivity contribution in [3.05, 3.63) is 63.6 Å². The number of hydrogen-bond acceptors (Lipinski definition) is 3. The Bertz CT molecular complexity index is 638. The van der Waals surface area contributed by atoms with Crippen LogP contribution in [0.2, 0.25) is 10.0 Å². The van der Waals surface area contributed by atoms with Crippen molar-refractivity contribution in [2.24, 2.45) is 0 Å². The Labute approximate surface area is 172 Å². The van der Waals surface area contributed by atoms with Gasteiger partial charge in [0.05, 0.1) is 0 Å². The fourth-order valence-electron chi connectivity index (χ4n) is 2.12. The largest absolute Gasteiger partial charge is 0.489 e. The number of ether oxygens (including phenoxy) is 1. The van der Waals surface area contributed by atoms with Gasteiger partial charge in [-0.3, -0.25) is 0 Å². The van der Waals surface area contributed by atoms with Crippen LogP contribution in [0.1, 0.15) is 11.1 Å². The number of rotatable bonds is 8. The van der Waals surface area contributed by atoms with Gasteiger partial charge >= 0.3 is 0 Å². The highest BCUT2D eigenvalue weighted by atomic mass is 35.5. The van der Waals surface area contributed by atoms with E-state index in [1.165, 1.54) is 0 Å². The van der Waals surface area contributed by atoms with Gasteiger partial charge in [0.25, 0.3) is 0 Å². The van der Waals surface area contributed by atoms with E-state index in [0.717, 1.165) is 30.0 Å². The highest BCUT2D eigenvalue weighted by molar-refractivity contribution is 6.31. The highest BCUT2D eigenvalue weighted by Crippen LogP contribution is 2.25. The summed E-state index contributed by atoms with van der Waals surface area (Å²) in [7, 11) is 4.11. The van der Waals surface area contributed by atoms with Gasteiger partial charge in [0.1, 0.15) is 12.4 Å². The van der Waals surface area contributed by atoms with Crippen LogP contribution in [0.4, 0.5) is 0 Å². The Morgan fingerprint density at radius 1 is 1.00 bits per heavy atom. The van der Waals surface area contributed by atoms with Crippen LogP contribution < -0.4 is 10.1 Å². The maximum absolute atomic E-state index is 6.17. The standard InChI is InChI=1S/C18H22Cl2N2O.2ClH/c1-22(2)10-9-21-12-15-11-16(19)7-8-18(15)23-13-14-5-3-4-6-17(14)20;;/h3-8,11,21H,9-10,12-13H2,1-2H3;2*1H. The van der Waals surface area contributed by atoms with Crippen molar-refractivity contribution >= 4 is 48.0 Å². The third-order valence-electron chi connectivity index (χ3n) is 3.41. The molecule has 0 spiro atoms. The molecule has 7 heteroatoms. The van der Waals surface area contributed by atoms with Gasteiger partial charge in [-0.25, -0.2) is 0 Å². The lowest BCUT2D eigenvalue weighted by Gasteiger charge is -2.14. The quantitative estimate of drug-likeness (QED) is 0.597. The summed E-state index contributed by atoms with van der Waals surface area (Å²) in [6, 6.07) is 13.4. The molecule has 0 heterocycles. The molecule has 0 aliphatic rings. The summed E-state index contributed by atoms with van der Waals surface area (Å²) in [5.41, 5.74) is 2.01. The van der Waals surface area contributed by atoms with Crippen LogP contribution in [0.25, 0.3) is 0 Å². The Kier molecular flexibility index (Phi) is 12.3. The second kappa shape index (κ2) is 12.6. The first-order valence-electron chi connectivity index (χ1n) is 7.56. The van der Waals surface area contributed by atoms with Crippen LogP contribution >= 0.6 is 48.0 Å². The van der Waals surface area contributed by atoms with Gasteiger partial charge < -0.3 is 15.0 Å². The Morgan fingerprint density at radius 3 is 2.40 bits per heavy atom. The van der Waals surface area contributed by atoms with Crippen molar-refractivity contribution < 1.29 is 4.74 Å². The molecule has 0 bridgehead atoms. The van der Waals surface area contributed by atoms with Crippen molar-refractivity contribution in [3.63, 3.8) is 0 Å². The molecule has 2 rings (SSSR count). The number of nitrogens with zero attached hydrogens (tertiary/aromatic N) is 1. The van der Waals surface area contributed by atoms with E-state index in [0.29, 0.717) is 23.2 Å². The van der Waals surface area contributed by atoms with Gasteiger partial charge in [-0.2, -0.15) is 0 Å². The van der Waals surface area contributed by atoms with Crippen molar-refractivity contribution in [1.29, 1.82) is 0 Å². The lowest BCUT2D eigenvalue weighted by Crippen LogP contribution is -2.26. The zero-order valence-electron chi connectivity index (χ0n) is 14.3. The molecule has 0 aromatic heterocycles. The summed E-state index contributed by atoms with van der Waals surface area (Å²) in [6.45, 7) is 3.04. The second-order valence-corrected chi connectivity index (χ2v) is 6.46. The van der Waals surface area contributed by atoms with Crippen LogP contribution in [0, 0.1) is 0 Å². The molecule has 0 unspecified atom stereocenters. The molecule has 0 fully saturated rings. The van der Waals surface area contributed by atoms with Gasteiger partial charge in [0.15, 0.2) is 0 Å². The summed E-state index contributed by atoms with van der Waals surface area (Å²) in [6.07, 6.45) is 0. The predicted molar refractivity (Wildman–Crippen MR) is 112 cm³/mol. The van der Waals surface area contributed by atoms with Crippen molar-refractivity contribution in [2.45, 2.75) is 13.2 Å². The summed E-state index contributed by atoms with van der Waals surface area (Å²) in [5, 5.41) is 4.83. The van der Waals surface area contributed by atoms with E-state index in [4.69, 9.17) is 27.9 Å². The lowest BCUT2D eigenvalue weighted by atomic mass is 10.2. The first-order chi connectivity index (χ1) is 11.1. The first kappa shape index (κ1) is 24.3. The summed E-state index contributed by atoms with van der Waals surface area (Å²) >= 11 is 12.3. The molecule has 25 heavy (non-hydrogen) atoms. The average Bonchev–Trinajstić information content (AvgIpc) is 2.52. The van der Waals surface area contributed by atoms with E-state index in [1.54, 1.807) is 0 Å². The highest BCUT2D eigenvalue weighted by Gasteiger charge is 2.07. The first-order valence-corrected chi connectivity index (χ1v) is 8.32. The normalized spacial score (nSPS) is 10.1. The van der Waals surface area contributed by atoms with Gasteiger partial charge in [-0.1, -0.05) is 41.4 Å². The molecular formula is C18H24Cl4N2O. The lowest BCUT2D eigenvalue weighted by molar-refractivity contribution is 0.302. The third kappa shape index (κ3) is 8.50. The van der Waals surface area contributed by atoms with E-state index in [2.05, 4.69) is 24.3 Å². The minimum atomic E-state index is 0. The average molecular weight is 426 g/mol. The SMILES string of the molecule is CN(C)CCNCc1cc(Cl)ccc1OCc1ccccc1Cl.Cl.Cl. The Balaban J connectivity index is 0.00000288. The maximum atomic E-state index is 6.17. The van der Waals surface area contributed by atoms with Crippen LogP contribution in [0.15, 0.2) is 42.5 Å². The maximum Gasteiger partial charge on any atom is 0.124 e. The molecule has 1 N–H and O–H groups in total. The zero-order valence-corrected chi connectivity index (χ0v) is 17.4. The summed E-state index contributed by atoms with van der Waals surface area (Å²) in [5.74, 6) is 0.826. The molecule has 3 nitrogen and oxygen atoms in total. The Morgan fingerprint density at radius 2 is 1.72 bits per heavy atom. The second-order valence-electron chi connectivity index (χ2n) is 5.61. The molecule has 0 amide bonds. The molecule has 2 aromatic carbocycles. The molecule has 0 radical (unpaired) electrons. The molecule has 140 valence electrons. The third-order valence-corrected chi connectivity index (χ3v) is 4.02. The number of likely N-dealkylation sites (N-methyl/N-ethyl adjacent to an activating group) is 1. The van der Waals surface area contributed by atoms with E-state index in [-0.39, 0.29) is 24.8 Å². The van der Waals surface area contributed by atoms with Gasteiger partial charge in [0.2, 0.25) is 0 Å². The molecule has 0 atom stereocenters. The van der Waals surface area contributed by atoms with Crippen LogP contribution in [-0.2, 0) is 13.2 Å². The Hall–Kier alpha value is -0.680. The predicted octanol–water partition coefficient (Wildman–Crippen LogP) is 5.07. The smallest absolute Gasteiger partial charge is 0.124 e. The number of halogens is 4. The molecule has 0 aliphatic carbocycles. The molecule has 0 saturated heterocycles. The van der Waals surface area contributed by atoms with Crippen molar-refractivity contribution in [2.75, 3.05) is 27.2 Å². The van der Waals surface area contributed by atoms with Crippen LogP contribution in [0.3, 0.4) is 0 Å². The minimum absolute atomic E-state index is 0. The van der Waals surface area contributed by atoms with Crippen molar-refractivity contribution in [3.8, 4) is 5.75 Å². The van der Waals surface area contributed by atoms with E-state index in [9.17, 15) is 0 Å². The molecular weight excluding hydrogens is 402 g/mol. The van der Waals surface area contributed by atoms with Crippen LogP contribution in [-0.4, -0.2) is 32.1 Å². The minimum Gasteiger partial charge on any atom is -0.489 e. The van der Waals surface area contributed by atoms with Gasteiger partial charge in [-0.05, 0) is 38.4 Å². The summed E-state index contributed by atoms with van der Waals surface area (Å²) in [4.78, 5) is 2.14. The van der Waals surface area contributed by atoms with E-state index >= 15 is 0 Å². The summed E-state index contributed by atoms with van der Waals surface area (Å²) < 4.78 is 5.94.